The molecule has 6 nitrogen and oxygen atoms in total. The summed E-state index contributed by atoms with van der Waals surface area (Å²) in [6.45, 7) is 5.76. The molecule has 1 unspecified atom stereocenters. The number of methoxy groups -OCH3 is 3. The molecular formula is C23H26N2O4. The van der Waals surface area contributed by atoms with Crippen LogP contribution >= 0.6 is 0 Å². The second kappa shape index (κ2) is 8.39. The van der Waals surface area contributed by atoms with Gasteiger partial charge in [0.1, 0.15) is 5.75 Å². The van der Waals surface area contributed by atoms with Gasteiger partial charge in [0.15, 0.2) is 11.5 Å². The van der Waals surface area contributed by atoms with Crippen LogP contribution in [0.25, 0.3) is 10.9 Å². The number of nitrogens with zero attached hydrogens (tertiary/aromatic N) is 1. The summed E-state index contributed by atoms with van der Waals surface area (Å²) in [5, 5.41) is 3.93. The lowest BCUT2D eigenvalue weighted by Crippen LogP contribution is -2.28. The molecule has 1 N–H and O–H groups in total. The van der Waals surface area contributed by atoms with Gasteiger partial charge in [-0.15, -0.1) is 0 Å². The van der Waals surface area contributed by atoms with E-state index in [0.29, 0.717) is 22.8 Å². The Morgan fingerprint density at radius 2 is 1.66 bits per heavy atom. The molecule has 0 aliphatic carbocycles. The quantitative estimate of drug-likeness (QED) is 0.672. The Balaban J connectivity index is 1.91. The molecule has 0 saturated carbocycles. The van der Waals surface area contributed by atoms with E-state index in [1.54, 1.807) is 21.3 Å². The summed E-state index contributed by atoms with van der Waals surface area (Å²) >= 11 is 0. The van der Waals surface area contributed by atoms with E-state index in [4.69, 9.17) is 14.2 Å². The maximum atomic E-state index is 13.0. The molecule has 0 aliphatic rings. The molecule has 0 spiro atoms. The number of nitrogens with one attached hydrogen (secondary N) is 1. The van der Waals surface area contributed by atoms with Gasteiger partial charge >= 0.3 is 0 Å². The number of hydrogen-bond donors (Lipinski definition) is 1. The maximum Gasteiger partial charge on any atom is 0.253 e. The summed E-state index contributed by atoms with van der Waals surface area (Å²) < 4.78 is 16.0. The molecule has 0 bridgehead atoms. The Morgan fingerprint density at radius 3 is 2.31 bits per heavy atom. The van der Waals surface area contributed by atoms with Crippen LogP contribution in [0.1, 0.15) is 40.1 Å². The number of benzene rings is 2. The summed E-state index contributed by atoms with van der Waals surface area (Å²) in [6.07, 6.45) is 0. The highest BCUT2D eigenvalue weighted by molar-refractivity contribution is 5.99. The molecule has 2 aromatic carbocycles. The van der Waals surface area contributed by atoms with Crippen LogP contribution in [0, 0.1) is 13.8 Å². The van der Waals surface area contributed by atoms with Crippen molar-refractivity contribution >= 4 is 16.8 Å². The largest absolute Gasteiger partial charge is 0.497 e. The third kappa shape index (κ3) is 4.11. The van der Waals surface area contributed by atoms with Crippen LogP contribution in [0.15, 0.2) is 36.4 Å². The number of carbonyl (C=O) groups excluding carboxylic acids is 1. The molecule has 6 heteroatoms. The molecule has 3 rings (SSSR count). The fraction of sp³-hybridized carbons (Fsp3) is 0.304. The van der Waals surface area contributed by atoms with Crippen LogP contribution < -0.4 is 19.5 Å². The summed E-state index contributed by atoms with van der Waals surface area (Å²) in [7, 11) is 4.81. The number of ether oxygens (including phenoxy) is 3. The number of aryl methyl sites for hydroxylation is 2. The fourth-order valence-electron chi connectivity index (χ4n) is 3.42. The van der Waals surface area contributed by atoms with Gasteiger partial charge in [-0.2, -0.15) is 0 Å². The lowest BCUT2D eigenvalue weighted by molar-refractivity contribution is 0.0939. The first kappa shape index (κ1) is 20.5. The van der Waals surface area contributed by atoms with Gasteiger partial charge in [0.05, 0.1) is 44.1 Å². The minimum absolute atomic E-state index is 0.179. The molecule has 29 heavy (non-hydrogen) atoms. The highest BCUT2D eigenvalue weighted by Gasteiger charge is 2.18. The van der Waals surface area contributed by atoms with Crippen molar-refractivity contribution < 1.29 is 19.0 Å². The van der Waals surface area contributed by atoms with E-state index in [1.807, 2.05) is 57.2 Å². The van der Waals surface area contributed by atoms with E-state index in [1.165, 1.54) is 0 Å². The first-order valence-corrected chi connectivity index (χ1v) is 9.36. The predicted molar refractivity (Wildman–Crippen MR) is 113 cm³/mol. The van der Waals surface area contributed by atoms with Crippen LogP contribution in [0.3, 0.4) is 0 Å². The lowest BCUT2D eigenvalue weighted by Gasteiger charge is -2.19. The van der Waals surface area contributed by atoms with Crippen LogP contribution in [-0.4, -0.2) is 32.2 Å². The highest BCUT2D eigenvalue weighted by atomic mass is 16.5. The van der Waals surface area contributed by atoms with Crippen molar-refractivity contribution in [2.24, 2.45) is 0 Å². The van der Waals surface area contributed by atoms with Crippen molar-refractivity contribution in [2.75, 3.05) is 21.3 Å². The molecule has 0 aliphatic heterocycles. The van der Waals surface area contributed by atoms with E-state index in [0.717, 1.165) is 27.8 Å². The Labute approximate surface area is 170 Å². The average Bonchev–Trinajstić information content (AvgIpc) is 2.72. The molecule has 1 heterocycles. The molecule has 1 atom stereocenters. The van der Waals surface area contributed by atoms with Gasteiger partial charge in [0, 0.05) is 5.39 Å². The second-order valence-electron chi connectivity index (χ2n) is 6.94. The molecule has 1 aromatic heterocycles. The number of carbonyl (C=O) groups is 1. The summed E-state index contributed by atoms with van der Waals surface area (Å²) in [4.78, 5) is 17.6. The van der Waals surface area contributed by atoms with Gasteiger partial charge < -0.3 is 19.5 Å². The van der Waals surface area contributed by atoms with Crippen molar-refractivity contribution in [3.63, 3.8) is 0 Å². The normalized spacial score (nSPS) is 11.8. The van der Waals surface area contributed by atoms with Gasteiger partial charge in [0.25, 0.3) is 5.91 Å². The Kier molecular flexibility index (Phi) is 5.92. The Bertz CT molecular complexity index is 1060. The zero-order chi connectivity index (χ0) is 21.1. The molecule has 152 valence electrons. The SMILES string of the molecule is COc1ccc2nc(C)c(C(=O)NC(C)c3cc(OC)c(OC)cc3C)cc2c1. The monoisotopic (exact) mass is 394 g/mol. The van der Waals surface area contributed by atoms with E-state index in [-0.39, 0.29) is 11.9 Å². The standard InChI is InChI=1S/C23H26N2O4/c1-13-9-21(28-5)22(29-6)12-18(13)14(2)25-23(26)19-11-16-10-17(27-4)7-8-20(16)24-15(19)3/h7-12,14H,1-6H3,(H,25,26). The van der Waals surface area contributed by atoms with Crippen molar-refractivity contribution in [1.29, 1.82) is 0 Å². The van der Waals surface area contributed by atoms with Crippen LogP contribution in [-0.2, 0) is 0 Å². The highest BCUT2D eigenvalue weighted by Crippen LogP contribution is 2.33. The first-order chi connectivity index (χ1) is 13.9. The molecule has 1 amide bonds. The summed E-state index contributed by atoms with van der Waals surface area (Å²) in [5.74, 6) is 1.84. The first-order valence-electron chi connectivity index (χ1n) is 9.36. The van der Waals surface area contributed by atoms with Gasteiger partial charge in [-0.1, -0.05) is 0 Å². The zero-order valence-electron chi connectivity index (χ0n) is 17.6. The van der Waals surface area contributed by atoms with Crippen LogP contribution in [0.4, 0.5) is 0 Å². The third-order valence-corrected chi connectivity index (χ3v) is 5.04. The second-order valence-corrected chi connectivity index (χ2v) is 6.94. The van der Waals surface area contributed by atoms with Crippen LogP contribution in [0.5, 0.6) is 17.2 Å². The fourth-order valence-corrected chi connectivity index (χ4v) is 3.42. The van der Waals surface area contributed by atoms with E-state index in [9.17, 15) is 4.79 Å². The summed E-state index contributed by atoms with van der Waals surface area (Å²) in [5.41, 5.74) is 4.01. The van der Waals surface area contributed by atoms with Gasteiger partial charge in [0.2, 0.25) is 0 Å². The minimum atomic E-state index is -0.220. The van der Waals surface area contributed by atoms with Crippen LogP contribution in [0.2, 0.25) is 0 Å². The van der Waals surface area contributed by atoms with Gasteiger partial charge in [-0.05, 0) is 68.3 Å². The van der Waals surface area contributed by atoms with Crippen molar-refractivity contribution in [2.45, 2.75) is 26.8 Å². The van der Waals surface area contributed by atoms with Crippen molar-refractivity contribution in [3.05, 3.63) is 58.8 Å². The minimum Gasteiger partial charge on any atom is -0.497 e. The number of amides is 1. The Morgan fingerprint density at radius 1 is 0.966 bits per heavy atom. The average molecular weight is 394 g/mol. The van der Waals surface area contributed by atoms with Gasteiger partial charge in [-0.25, -0.2) is 0 Å². The number of aromatic nitrogens is 1. The van der Waals surface area contributed by atoms with E-state index in [2.05, 4.69) is 10.3 Å². The number of rotatable bonds is 6. The third-order valence-electron chi connectivity index (χ3n) is 5.04. The van der Waals surface area contributed by atoms with Crippen molar-refractivity contribution in [3.8, 4) is 17.2 Å². The van der Waals surface area contributed by atoms with E-state index < -0.39 is 0 Å². The molecule has 0 fully saturated rings. The van der Waals surface area contributed by atoms with Crippen molar-refractivity contribution in [1.82, 2.24) is 10.3 Å². The van der Waals surface area contributed by atoms with Gasteiger partial charge in [-0.3, -0.25) is 9.78 Å². The lowest BCUT2D eigenvalue weighted by atomic mass is 10.0. The number of pyridine rings is 1. The maximum absolute atomic E-state index is 13.0. The zero-order valence-corrected chi connectivity index (χ0v) is 17.6. The Hall–Kier alpha value is -3.28. The molecule has 0 saturated heterocycles. The summed E-state index contributed by atoms with van der Waals surface area (Å²) in [6, 6.07) is 11.1. The van der Waals surface area contributed by atoms with E-state index >= 15 is 0 Å². The topological polar surface area (TPSA) is 69.7 Å². The molecule has 3 aromatic rings. The molecular weight excluding hydrogens is 368 g/mol. The molecule has 0 radical (unpaired) electrons. The number of fused-ring (bicyclic) bond motifs is 1. The predicted octanol–water partition coefficient (Wildman–Crippen LogP) is 4.37. The number of hydrogen-bond acceptors (Lipinski definition) is 5. The smallest absolute Gasteiger partial charge is 0.253 e.